The fraction of sp³-hybridized carbons (Fsp3) is 0.269. The van der Waals surface area contributed by atoms with Gasteiger partial charge in [-0.25, -0.2) is 9.79 Å². The van der Waals surface area contributed by atoms with E-state index in [1.165, 1.54) is 29.2 Å². The minimum atomic E-state index is -0.747. The predicted molar refractivity (Wildman–Crippen MR) is 153 cm³/mol. The summed E-state index contributed by atoms with van der Waals surface area (Å²) < 4.78 is 25.6. The maximum atomic E-state index is 13.7. The molecular weight excluding hydrogens is 675 g/mol. The maximum absolute atomic E-state index is 13.7. The molecule has 0 N–H and O–H groups in total. The zero-order valence-electron chi connectivity index (χ0n) is 20.5. The third kappa shape index (κ3) is 5.48. The summed E-state index contributed by atoms with van der Waals surface area (Å²) in [5, 5.41) is 0. The standard InChI is InChI=1S/C26H24BrIN2O6S/c1-5-35-19-8-7-15(12-20(19)36-6-2)22-16(25(32)34-4)13-29-26-30(22)24(31)21(37-26)11-14-9-17(27)23(33-3)18(28)10-14/h7-13,22H,5-6H2,1-4H3/b21-11-/t22-/m0/s1. The van der Waals surface area contributed by atoms with Crippen molar-refractivity contribution in [1.82, 2.24) is 4.57 Å². The summed E-state index contributed by atoms with van der Waals surface area (Å²) in [6.45, 7) is 4.68. The van der Waals surface area contributed by atoms with Crippen LogP contribution in [0, 0.1) is 3.57 Å². The van der Waals surface area contributed by atoms with E-state index >= 15 is 0 Å². The molecule has 2 heterocycles. The van der Waals surface area contributed by atoms with Gasteiger partial charge in [0, 0.05) is 6.20 Å². The third-order valence-corrected chi connectivity index (χ3v) is 7.92. The molecule has 1 atom stereocenters. The van der Waals surface area contributed by atoms with Crippen molar-refractivity contribution in [3.05, 3.63) is 81.0 Å². The summed E-state index contributed by atoms with van der Waals surface area (Å²) in [6.07, 6.45) is 3.27. The minimum absolute atomic E-state index is 0.245. The SMILES string of the molecule is CCOc1ccc([C@H]2C(C(=O)OC)=CN=c3s/c(=C\c4cc(Br)c(OC)c(I)c4)c(=O)n32)cc1OCC. The molecule has 1 aliphatic heterocycles. The van der Waals surface area contributed by atoms with Gasteiger partial charge in [0.05, 0.1) is 51.6 Å². The second kappa shape index (κ2) is 11.8. The Labute approximate surface area is 239 Å². The van der Waals surface area contributed by atoms with Gasteiger partial charge in [0.2, 0.25) is 0 Å². The molecule has 2 aromatic carbocycles. The van der Waals surface area contributed by atoms with Crippen LogP contribution in [0.3, 0.4) is 0 Å². The van der Waals surface area contributed by atoms with Gasteiger partial charge >= 0.3 is 5.97 Å². The molecule has 0 spiro atoms. The van der Waals surface area contributed by atoms with Gasteiger partial charge in [0.15, 0.2) is 16.3 Å². The van der Waals surface area contributed by atoms with Gasteiger partial charge in [-0.05, 0) is 93.8 Å². The Morgan fingerprint density at radius 2 is 1.89 bits per heavy atom. The number of carbonyl (C=O) groups excluding carboxylic acids is 1. The number of methoxy groups -OCH3 is 2. The molecule has 0 saturated heterocycles. The lowest BCUT2D eigenvalue weighted by Crippen LogP contribution is -2.39. The number of hydrogen-bond acceptors (Lipinski definition) is 8. The first-order valence-electron chi connectivity index (χ1n) is 11.3. The van der Waals surface area contributed by atoms with E-state index in [-0.39, 0.29) is 11.1 Å². The van der Waals surface area contributed by atoms with Crippen LogP contribution in [-0.2, 0) is 9.53 Å². The number of carbonyl (C=O) groups is 1. The Morgan fingerprint density at radius 3 is 2.54 bits per heavy atom. The van der Waals surface area contributed by atoms with E-state index in [1.54, 1.807) is 25.3 Å². The van der Waals surface area contributed by atoms with E-state index in [1.807, 2.05) is 32.0 Å². The van der Waals surface area contributed by atoms with Gasteiger partial charge in [-0.1, -0.05) is 17.4 Å². The topological polar surface area (TPSA) is 88.4 Å². The molecular formula is C26H24BrIN2O6S. The van der Waals surface area contributed by atoms with E-state index in [0.29, 0.717) is 39.6 Å². The van der Waals surface area contributed by atoms with Crippen LogP contribution in [0.5, 0.6) is 17.2 Å². The summed E-state index contributed by atoms with van der Waals surface area (Å²) in [6, 6.07) is 8.47. The van der Waals surface area contributed by atoms with Crippen LogP contribution in [0.4, 0.5) is 0 Å². The largest absolute Gasteiger partial charge is 0.494 e. The molecule has 194 valence electrons. The number of fused-ring (bicyclic) bond motifs is 1. The van der Waals surface area contributed by atoms with E-state index in [0.717, 1.165) is 19.4 Å². The van der Waals surface area contributed by atoms with Gasteiger partial charge < -0.3 is 18.9 Å². The van der Waals surface area contributed by atoms with E-state index < -0.39 is 12.0 Å². The van der Waals surface area contributed by atoms with Crippen molar-refractivity contribution in [3.63, 3.8) is 0 Å². The van der Waals surface area contributed by atoms with Crippen molar-refractivity contribution in [3.8, 4) is 17.2 Å². The normalized spacial score (nSPS) is 14.9. The van der Waals surface area contributed by atoms with Gasteiger partial charge in [-0.15, -0.1) is 0 Å². The molecule has 3 aromatic rings. The summed E-state index contributed by atoms with van der Waals surface area (Å²) in [5.74, 6) is 1.28. The van der Waals surface area contributed by atoms with E-state index in [2.05, 4.69) is 43.5 Å². The van der Waals surface area contributed by atoms with Crippen molar-refractivity contribution in [2.75, 3.05) is 27.4 Å². The fourth-order valence-corrected chi connectivity index (χ4v) is 6.85. The van der Waals surface area contributed by atoms with E-state index in [9.17, 15) is 9.59 Å². The number of esters is 1. The number of benzene rings is 2. The molecule has 0 bridgehead atoms. The van der Waals surface area contributed by atoms with Crippen LogP contribution in [0.2, 0.25) is 0 Å². The lowest BCUT2D eigenvalue weighted by atomic mass is 9.97. The molecule has 0 aliphatic carbocycles. The highest BCUT2D eigenvalue weighted by atomic mass is 127. The highest BCUT2D eigenvalue weighted by Crippen LogP contribution is 2.35. The smallest absolute Gasteiger partial charge is 0.337 e. The molecule has 4 rings (SSSR count). The van der Waals surface area contributed by atoms with Crippen molar-refractivity contribution >= 4 is 61.9 Å². The Balaban J connectivity index is 1.90. The average Bonchev–Trinajstić information content (AvgIpc) is 3.19. The van der Waals surface area contributed by atoms with Crippen molar-refractivity contribution < 1.29 is 23.7 Å². The fourth-order valence-electron chi connectivity index (χ4n) is 4.00. The Bertz CT molecular complexity index is 1540. The van der Waals surface area contributed by atoms with Gasteiger partial charge in [-0.2, -0.15) is 0 Å². The molecule has 1 aliphatic rings. The van der Waals surface area contributed by atoms with Crippen LogP contribution in [0.25, 0.3) is 6.08 Å². The number of rotatable bonds is 8. The van der Waals surface area contributed by atoms with Crippen molar-refractivity contribution in [2.45, 2.75) is 19.9 Å². The molecule has 8 nitrogen and oxygen atoms in total. The highest BCUT2D eigenvalue weighted by molar-refractivity contribution is 14.1. The zero-order valence-corrected chi connectivity index (χ0v) is 25.1. The molecule has 1 aromatic heterocycles. The number of ether oxygens (including phenoxy) is 4. The first-order valence-corrected chi connectivity index (χ1v) is 14.0. The number of nitrogens with zero attached hydrogens (tertiary/aromatic N) is 2. The number of thiazole rings is 1. The highest BCUT2D eigenvalue weighted by Gasteiger charge is 2.31. The Hall–Kier alpha value is -2.64. The molecule has 0 saturated carbocycles. The van der Waals surface area contributed by atoms with Crippen LogP contribution >= 0.6 is 49.9 Å². The lowest BCUT2D eigenvalue weighted by Gasteiger charge is -2.23. The number of aromatic nitrogens is 1. The summed E-state index contributed by atoms with van der Waals surface area (Å²) >= 11 is 6.96. The molecule has 0 fully saturated rings. The summed E-state index contributed by atoms with van der Waals surface area (Å²) in [7, 11) is 2.91. The monoisotopic (exact) mass is 698 g/mol. The quantitative estimate of drug-likeness (QED) is 0.259. The van der Waals surface area contributed by atoms with Crippen molar-refractivity contribution in [2.24, 2.45) is 4.99 Å². The third-order valence-electron chi connectivity index (χ3n) is 5.53. The first-order chi connectivity index (χ1) is 17.8. The molecule has 0 amide bonds. The van der Waals surface area contributed by atoms with E-state index in [4.69, 9.17) is 18.9 Å². The lowest BCUT2D eigenvalue weighted by molar-refractivity contribution is -0.136. The maximum Gasteiger partial charge on any atom is 0.337 e. The second-order valence-corrected chi connectivity index (χ2v) is 10.8. The Morgan fingerprint density at radius 1 is 1.16 bits per heavy atom. The molecule has 0 unspecified atom stereocenters. The average molecular weight is 699 g/mol. The summed E-state index contributed by atoms with van der Waals surface area (Å²) in [4.78, 5) is 31.4. The number of hydrogen-bond donors (Lipinski definition) is 0. The molecule has 37 heavy (non-hydrogen) atoms. The van der Waals surface area contributed by atoms with Crippen LogP contribution in [0.1, 0.15) is 31.0 Å². The van der Waals surface area contributed by atoms with Crippen molar-refractivity contribution in [1.29, 1.82) is 0 Å². The Kier molecular flexibility index (Phi) is 8.75. The predicted octanol–water partition coefficient (Wildman–Crippen LogP) is 4.19. The molecule has 0 radical (unpaired) electrons. The van der Waals surface area contributed by atoms with Crippen LogP contribution < -0.4 is 29.1 Å². The number of halogens is 2. The van der Waals surface area contributed by atoms with Gasteiger partial charge in [0.25, 0.3) is 5.56 Å². The molecule has 11 heteroatoms. The second-order valence-electron chi connectivity index (χ2n) is 7.77. The van der Waals surface area contributed by atoms with Gasteiger partial charge in [0.1, 0.15) is 5.75 Å². The van der Waals surface area contributed by atoms with Gasteiger partial charge in [-0.3, -0.25) is 9.36 Å². The van der Waals surface area contributed by atoms with Crippen LogP contribution in [0.15, 0.2) is 56.4 Å². The zero-order chi connectivity index (χ0) is 26.7. The minimum Gasteiger partial charge on any atom is -0.494 e. The summed E-state index contributed by atoms with van der Waals surface area (Å²) in [5.41, 5.74) is 1.48. The van der Waals surface area contributed by atoms with Crippen LogP contribution in [-0.4, -0.2) is 38.0 Å². The first kappa shape index (κ1) is 27.4.